The highest BCUT2D eigenvalue weighted by atomic mass is 16.5. The second kappa shape index (κ2) is 2.59. The number of nitrogens with one attached hydrogen (secondary N) is 1. The molecular formula is C9H11NO2. The monoisotopic (exact) mass is 165 g/mol. The van der Waals surface area contributed by atoms with E-state index in [0.29, 0.717) is 0 Å². The number of aromatic hydroxyl groups is 1. The molecule has 0 aliphatic carbocycles. The van der Waals surface area contributed by atoms with Crippen molar-refractivity contribution in [1.82, 2.24) is 0 Å². The van der Waals surface area contributed by atoms with Crippen molar-refractivity contribution in [2.45, 2.75) is 13.0 Å². The van der Waals surface area contributed by atoms with Crippen molar-refractivity contribution in [2.24, 2.45) is 0 Å². The van der Waals surface area contributed by atoms with E-state index in [9.17, 15) is 0 Å². The quantitative estimate of drug-likeness (QED) is 0.573. The number of phenolic OH excluding ortho intramolecular Hbond substituents is 1. The lowest BCUT2D eigenvalue weighted by Crippen LogP contribution is -2.27. The molecule has 0 saturated carbocycles. The van der Waals surface area contributed by atoms with Crippen molar-refractivity contribution in [3.05, 3.63) is 18.2 Å². The molecule has 1 aliphatic heterocycles. The molecule has 1 aliphatic rings. The Labute approximate surface area is 71.0 Å². The summed E-state index contributed by atoms with van der Waals surface area (Å²) in [7, 11) is 0. The highest BCUT2D eigenvalue weighted by Gasteiger charge is 2.14. The van der Waals surface area contributed by atoms with Crippen LogP contribution in [0.5, 0.6) is 11.5 Å². The first kappa shape index (κ1) is 7.28. The van der Waals surface area contributed by atoms with Gasteiger partial charge in [0.2, 0.25) is 0 Å². The zero-order chi connectivity index (χ0) is 8.55. The van der Waals surface area contributed by atoms with Crippen LogP contribution in [0.25, 0.3) is 0 Å². The van der Waals surface area contributed by atoms with Crippen LogP contribution in [-0.2, 0) is 0 Å². The summed E-state index contributed by atoms with van der Waals surface area (Å²) in [5, 5.41) is 12.4. The normalized spacial score (nSPS) is 20.6. The molecule has 0 saturated heterocycles. The third-order valence-corrected chi connectivity index (χ3v) is 1.87. The molecule has 2 rings (SSSR count). The van der Waals surface area contributed by atoms with Crippen molar-refractivity contribution in [1.29, 1.82) is 0 Å². The Balaban J connectivity index is 2.37. The fourth-order valence-corrected chi connectivity index (χ4v) is 1.27. The lowest BCUT2D eigenvalue weighted by Gasteiger charge is -2.24. The zero-order valence-corrected chi connectivity index (χ0v) is 6.87. The highest BCUT2D eigenvalue weighted by molar-refractivity contribution is 5.60. The Hall–Kier alpha value is -1.38. The van der Waals surface area contributed by atoms with Crippen LogP contribution in [-0.4, -0.2) is 17.8 Å². The first-order valence-corrected chi connectivity index (χ1v) is 3.99. The predicted molar refractivity (Wildman–Crippen MR) is 46.7 cm³/mol. The topological polar surface area (TPSA) is 41.5 Å². The molecule has 1 heterocycles. The van der Waals surface area contributed by atoms with Crippen molar-refractivity contribution < 1.29 is 9.84 Å². The molecule has 1 unspecified atom stereocenters. The number of phenols is 1. The number of ether oxygens (including phenoxy) is 1. The van der Waals surface area contributed by atoms with E-state index in [1.807, 2.05) is 13.0 Å². The first-order valence-electron chi connectivity index (χ1n) is 3.99. The van der Waals surface area contributed by atoms with E-state index in [1.165, 1.54) is 0 Å². The molecule has 3 heteroatoms. The summed E-state index contributed by atoms with van der Waals surface area (Å²) in [5.41, 5.74) is 0.950. The minimum Gasteiger partial charge on any atom is -0.508 e. The van der Waals surface area contributed by atoms with Gasteiger partial charge in [-0.1, -0.05) is 0 Å². The molecule has 1 aromatic carbocycles. The van der Waals surface area contributed by atoms with Crippen LogP contribution in [0.15, 0.2) is 18.2 Å². The molecule has 0 bridgehead atoms. The smallest absolute Gasteiger partial charge is 0.146 e. The third-order valence-electron chi connectivity index (χ3n) is 1.87. The lowest BCUT2D eigenvalue weighted by molar-refractivity contribution is 0.225. The van der Waals surface area contributed by atoms with E-state index in [1.54, 1.807) is 12.1 Å². The van der Waals surface area contributed by atoms with Gasteiger partial charge in [0.1, 0.15) is 17.6 Å². The summed E-state index contributed by atoms with van der Waals surface area (Å²) in [4.78, 5) is 0. The van der Waals surface area contributed by atoms with Crippen molar-refractivity contribution >= 4 is 5.69 Å². The van der Waals surface area contributed by atoms with E-state index >= 15 is 0 Å². The standard InChI is InChI=1S/C9H11NO2/c1-6-5-10-8-3-2-7(11)4-9(8)12-6/h2-4,6,10-11H,5H2,1H3. The number of benzene rings is 1. The average molecular weight is 165 g/mol. The molecule has 0 fully saturated rings. The molecule has 64 valence electrons. The fraction of sp³-hybridized carbons (Fsp3) is 0.333. The molecule has 1 atom stereocenters. The minimum absolute atomic E-state index is 0.166. The number of fused-ring (bicyclic) bond motifs is 1. The number of hydrogen-bond acceptors (Lipinski definition) is 3. The summed E-state index contributed by atoms with van der Waals surface area (Å²) >= 11 is 0. The van der Waals surface area contributed by atoms with Gasteiger partial charge in [-0.2, -0.15) is 0 Å². The molecule has 12 heavy (non-hydrogen) atoms. The second-order valence-electron chi connectivity index (χ2n) is 2.99. The van der Waals surface area contributed by atoms with Crippen LogP contribution in [0.2, 0.25) is 0 Å². The third kappa shape index (κ3) is 1.18. The molecule has 0 radical (unpaired) electrons. The summed E-state index contributed by atoms with van der Waals surface area (Å²) in [6, 6.07) is 5.08. The molecule has 0 amide bonds. The van der Waals surface area contributed by atoms with Gasteiger partial charge >= 0.3 is 0 Å². The van der Waals surface area contributed by atoms with E-state index < -0.39 is 0 Å². The van der Waals surface area contributed by atoms with Gasteiger partial charge in [-0.15, -0.1) is 0 Å². The van der Waals surface area contributed by atoms with Gasteiger partial charge in [0.05, 0.1) is 12.2 Å². The van der Waals surface area contributed by atoms with Crippen LogP contribution in [0.1, 0.15) is 6.92 Å². The van der Waals surface area contributed by atoms with Crippen LogP contribution < -0.4 is 10.1 Å². The van der Waals surface area contributed by atoms with Gasteiger partial charge in [0, 0.05) is 6.07 Å². The van der Waals surface area contributed by atoms with Crippen LogP contribution >= 0.6 is 0 Å². The van der Waals surface area contributed by atoms with Crippen molar-refractivity contribution in [2.75, 3.05) is 11.9 Å². The molecule has 3 nitrogen and oxygen atoms in total. The molecular weight excluding hydrogens is 154 g/mol. The Kier molecular flexibility index (Phi) is 1.57. The van der Waals surface area contributed by atoms with Crippen LogP contribution in [0, 0.1) is 0 Å². The predicted octanol–water partition coefficient (Wildman–Crippen LogP) is 1.58. The number of rotatable bonds is 0. The summed E-state index contributed by atoms with van der Waals surface area (Å²) < 4.78 is 5.49. The van der Waals surface area contributed by atoms with Gasteiger partial charge in [0.25, 0.3) is 0 Å². The van der Waals surface area contributed by atoms with Gasteiger partial charge < -0.3 is 15.2 Å². The van der Waals surface area contributed by atoms with E-state index in [0.717, 1.165) is 18.0 Å². The molecule has 1 aromatic rings. The number of anilines is 1. The number of hydrogen-bond donors (Lipinski definition) is 2. The first-order chi connectivity index (χ1) is 5.75. The maximum absolute atomic E-state index is 9.17. The van der Waals surface area contributed by atoms with E-state index in [4.69, 9.17) is 9.84 Å². The van der Waals surface area contributed by atoms with Gasteiger partial charge in [-0.25, -0.2) is 0 Å². The van der Waals surface area contributed by atoms with E-state index in [2.05, 4.69) is 5.32 Å². The van der Waals surface area contributed by atoms with Crippen LogP contribution in [0.4, 0.5) is 5.69 Å². The Morgan fingerprint density at radius 3 is 3.25 bits per heavy atom. The summed E-state index contributed by atoms with van der Waals surface area (Å²) in [6.07, 6.45) is 0.166. The molecule has 2 N–H and O–H groups in total. The summed E-state index contributed by atoms with van der Waals surface area (Å²) in [5.74, 6) is 0.971. The SMILES string of the molecule is CC1CNc2ccc(O)cc2O1. The largest absolute Gasteiger partial charge is 0.508 e. The maximum atomic E-state index is 9.17. The van der Waals surface area contributed by atoms with Gasteiger partial charge in [-0.3, -0.25) is 0 Å². The van der Waals surface area contributed by atoms with Crippen molar-refractivity contribution in [3.63, 3.8) is 0 Å². The van der Waals surface area contributed by atoms with Gasteiger partial charge in [-0.05, 0) is 19.1 Å². The summed E-state index contributed by atoms with van der Waals surface area (Å²) in [6.45, 7) is 2.80. The maximum Gasteiger partial charge on any atom is 0.146 e. The highest BCUT2D eigenvalue weighted by Crippen LogP contribution is 2.31. The Morgan fingerprint density at radius 1 is 1.58 bits per heavy atom. The Morgan fingerprint density at radius 2 is 2.42 bits per heavy atom. The Bertz CT molecular complexity index is 299. The zero-order valence-electron chi connectivity index (χ0n) is 6.87. The fourth-order valence-electron chi connectivity index (χ4n) is 1.27. The molecule has 0 aromatic heterocycles. The molecule has 0 spiro atoms. The average Bonchev–Trinajstić information content (AvgIpc) is 2.03. The van der Waals surface area contributed by atoms with Crippen molar-refractivity contribution in [3.8, 4) is 11.5 Å². The van der Waals surface area contributed by atoms with E-state index in [-0.39, 0.29) is 11.9 Å². The second-order valence-corrected chi connectivity index (χ2v) is 2.99. The van der Waals surface area contributed by atoms with Crippen LogP contribution in [0.3, 0.4) is 0 Å². The van der Waals surface area contributed by atoms with Gasteiger partial charge in [0.15, 0.2) is 0 Å². The minimum atomic E-state index is 0.166. The lowest BCUT2D eigenvalue weighted by atomic mass is 10.2.